The standard InChI is InChI=1S/C40H46ClN5O7/c1-39(2,3)53-38(51)45-18-16-44(17-19-45)33(49)23-42-37(50)46-30-12-9-13-31(47)35(30)43-29-21-40(4,5)22-32(48)34(29)36(46)27-15-14-26(20-28(27)41)52-24-25-10-7-6-8-11-25/h6-15,20,36,43,47H,16-19,21-24H2,1-5H3,(H,42,50). The predicted molar refractivity (Wildman–Crippen MR) is 202 cm³/mol. The van der Waals surface area contributed by atoms with Crippen molar-refractivity contribution in [1.29, 1.82) is 0 Å². The van der Waals surface area contributed by atoms with Crippen molar-refractivity contribution in [3.8, 4) is 11.5 Å². The lowest BCUT2D eigenvalue weighted by atomic mass is 9.73. The van der Waals surface area contributed by atoms with E-state index < -0.39 is 29.2 Å². The van der Waals surface area contributed by atoms with Crippen molar-refractivity contribution in [3.05, 3.63) is 94.1 Å². The number of nitrogens with one attached hydrogen (secondary N) is 2. The molecule has 3 aromatic carbocycles. The van der Waals surface area contributed by atoms with Crippen LogP contribution in [0.2, 0.25) is 5.02 Å². The number of piperazine rings is 1. The molecule has 0 saturated carbocycles. The van der Waals surface area contributed by atoms with Crippen molar-refractivity contribution in [1.82, 2.24) is 15.1 Å². The Balaban J connectivity index is 1.30. The van der Waals surface area contributed by atoms with E-state index in [2.05, 4.69) is 10.6 Å². The average molecular weight is 744 g/mol. The van der Waals surface area contributed by atoms with Crippen molar-refractivity contribution in [2.45, 2.75) is 65.7 Å². The molecule has 13 heteroatoms. The summed E-state index contributed by atoms with van der Waals surface area (Å²) in [4.78, 5) is 59.1. The number of aromatic hydroxyl groups is 1. The van der Waals surface area contributed by atoms with E-state index in [0.29, 0.717) is 54.4 Å². The molecule has 6 rings (SSSR count). The number of carbonyl (C=O) groups excluding carboxylic acids is 4. The van der Waals surface area contributed by atoms with Crippen LogP contribution < -0.4 is 20.3 Å². The third-order valence-electron chi connectivity index (χ3n) is 9.42. The van der Waals surface area contributed by atoms with Crippen LogP contribution in [-0.2, 0) is 20.9 Å². The normalized spacial score (nSPS) is 18.3. The Kier molecular flexibility index (Phi) is 10.6. The van der Waals surface area contributed by atoms with Gasteiger partial charge in [-0.1, -0.05) is 67.9 Å². The van der Waals surface area contributed by atoms with Crippen LogP contribution in [0.4, 0.5) is 21.0 Å². The summed E-state index contributed by atoms with van der Waals surface area (Å²) in [6, 6.07) is 18.0. The number of carbonyl (C=O) groups is 4. The van der Waals surface area contributed by atoms with Gasteiger partial charge in [0, 0.05) is 48.9 Å². The van der Waals surface area contributed by atoms with Crippen LogP contribution in [0.3, 0.4) is 0 Å². The smallest absolute Gasteiger partial charge is 0.410 e. The molecule has 0 radical (unpaired) electrons. The average Bonchev–Trinajstić information content (AvgIpc) is 3.24. The Bertz CT molecular complexity index is 1930. The topological polar surface area (TPSA) is 141 Å². The van der Waals surface area contributed by atoms with Gasteiger partial charge < -0.3 is 35.0 Å². The lowest BCUT2D eigenvalue weighted by Gasteiger charge is -2.37. The summed E-state index contributed by atoms with van der Waals surface area (Å²) in [5.41, 5.74) is 1.89. The molecule has 1 fully saturated rings. The molecule has 1 saturated heterocycles. The van der Waals surface area contributed by atoms with E-state index in [0.717, 1.165) is 5.56 Å². The van der Waals surface area contributed by atoms with Gasteiger partial charge in [0.25, 0.3) is 0 Å². The number of ether oxygens (including phenoxy) is 2. The molecule has 0 bridgehead atoms. The molecular weight excluding hydrogens is 698 g/mol. The van der Waals surface area contributed by atoms with E-state index in [1.165, 1.54) is 11.0 Å². The van der Waals surface area contributed by atoms with Crippen LogP contribution in [0.15, 0.2) is 78.0 Å². The van der Waals surface area contributed by atoms with Crippen LogP contribution in [0.1, 0.15) is 64.6 Å². The number of para-hydroxylation sites is 1. The lowest BCUT2D eigenvalue weighted by Crippen LogP contribution is -2.54. The number of ketones is 1. The lowest BCUT2D eigenvalue weighted by molar-refractivity contribution is -0.131. The molecule has 12 nitrogen and oxygen atoms in total. The molecule has 0 spiro atoms. The van der Waals surface area contributed by atoms with Crippen LogP contribution in [0.5, 0.6) is 11.5 Å². The highest BCUT2D eigenvalue weighted by atomic mass is 35.5. The first-order chi connectivity index (χ1) is 25.1. The van der Waals surface area contributed by atoms with Crippen molar-refractivity contribution in [2.75, 3.05) is 42.9 Å². The second-order valence-electron chi connectivity index (χ2n) is 15.4. The molecule has 2 aliphatic heterocycles. The Labute approximate surface area is 314 Å². The van der Waals surface area contributed by atoms with Crippen molar-refractivity contribution in [3.63, 3.8) is 0 Å². The number of halogens is 1. The summed E-state index contributed by atoms with van der Waals surface area (Å²) in [6.07, 6.45) is 0.257. The summed E-state index contributed by atoms with van der Waals surface area (Å²) in [6.45, 7) is 10.5. The molecule has 1 aliphatic carbocycles. The molecule has 3 aromatic rings. The Morgan fingerprint density at radius 3 is 2.34 bits per heavy atom. The largest absolute Gasteiger partial charge is 0.506 e. The maximum atomic E-state index is 14.5. The van der Waals surface area contributed by atoms with E-state index >= 15 is 0 Å². The van der Waals surface area contributed by atoms with Gasteiger partial charge in [0.1, 0.15) is 29.4 Å². The van der Waals surface area contributed by atoms with E-state index in [4.69, 9.17) is 21.1 Å². The van der Waals surface area contributed by atoms with Crippen molar-refractivity contribution < 1.29 is 33.8 Å². The number of Topliss-reactive ketones (excluding diaryl/α,β-unsaturated/α-hetero) is 1. The minimum Gasteiger partial charge on any atom is -0.506 e. The number of urea groups is 1. The maximum Gasteiger partial charge on any atom is 0.410 e. The minimum absolute atomic E-state index is 0.113. The number of fused-ring (bicyclic) bond motifs is 1. The summed E-state index contributed by atoms with van der Waals surface area (Å²) >= 11 is 7.02. The van der Waals surface area contributed by atoms with Gasteiger partial charge in [-0.25, -0.2) is 9.59 Å². The third-order valence-corrected chi connectivity index (χ3v) is 9.74. The third kappa shape index (κ3) is 8.54. The zero-order valence-electron chi connectivity index (χ0n) is 30.7. The van der Waals surface area contributed by atoms with E-state index in [1.54, 1.807) is 60.9 Å². The van der Waals surface area contributed by atoms with Gasteiger partial charge in [-0.3, -0.25) is 14.5 Å². The highest BCUT2D eigenvalue weighted by Crippen LogP contribution is 2.51. The van der Waals surface area contributed by atoms with E-state index in [1.807, 2.05) is 44.2 Å². The first-order valence-electron chi connectivity index (χ1n) is 17.7. The summed E-state index contributed by atoms with van der Waals surface area (Å²) in [7, 11) is 0. The van der Waals surface area contributed by atoms with Gasteiger partial charge >= 0.3 is 12.1 Å². The number of amides is 4. The maximum absolute atomic E-state index is 14.5. The van der Waals surface area contributed by atoms with Gasteiger partial charge in [-0.2, -0.15) is 0 Å². The monoisotopic (exact) mass is 743 g/mol. The summed E-state index contributed by atoms with van der Waals surface area (Å²) in [5, 5.41) is 17.5. The highest BCUT2D eigenvalue weighted by molar-refractivity contribution is 6.31. The Hall–Kier alpha value is -5.23. The fourth-order valence-corrected chi connectivity index (χ4v) is 7.21. The van der Waals surface area contributed by atoms with Gasteiger partial charge in [0.2, 0.25) is 5.91 Å². The first-order valence-corrected chi connectivity index (χ1v) is 18.1. The summed E-state index contributed by atoms with van der Waals surface area (Å²) < 4.78 is 11.5. The molecule has 1 atom stereocenters. The van der Waals surface area contributed by atoms with Crippen LogP contribution in [0, 0.1) is 5.41 Å². The van der Waals surface area contributed by atoms with Gasteiger partial charge in [0.05, 0.1) is 18.3 Å². The number of nitrogens with zero attached hydrogens (tertiary/aromatic N) is 3. The van der Waals surface area contributed by atoms with Crippen molar-refractivity contribution >= 4 is 46.8 Å². The highest BCUT2D eigenvalue weighted by Gasteiger charge is 2.44. The second kappa shape index (κ2) is 15.0. The summed E-state index contributed by atoms with van der Waals surface area (Å²) in [5.74, 6) is -0.112. The van der Waals surface area contributed by atoms with Crippen molar-refractivity contribution in [2.24, 2.45) is 5.41 Å². The molecule has 53 heavy (non-hydrogen) atoms. The molecule has 280 valence electrons. The second-order valence-corrected chi connectivity index (χ2v) is 15.8. The molecule has 0 aromatic heterocycles. The van der Waals surface area contributed by atoms with Gasteiger partial charge in [-0.15, -0.1) is 0 Å². The number of hydrogen-bond donors (Lipinski definition) is 3. The number of allylic oxidation sites excluding steroid dienone is 1. The minimum atomic E-state index is -1.02. The molecule has 3 N–H and O–H groups in total. The number of phenols is 1. The van der Waals surface area contributed by atoms with Crippen LogP contribution in [-0.4, -0.2) is 77.0 Å². The molecule has 3 aliphatic rings. The van der Waals surface area contributed by atoms with Gasteiger partial charge in [-0.05, 0) is 68.0 Å². The molecule has 1 unspecified atom stereocenters. The number of benzene rings is 3. The molecule has 2 heterocycles. The Morgan fingerprint density at radius 2 is 1.66 bits per heavy atom. The number of hydrogen-bond acceptors (Lipinski definition) is 8. The fraction of sp³-hybridized carbons (Fsp3) is 0.400. The zero-order chi connectivity index (χ0) is 38.1. The van der Waals surface area contributed by atoms with Crippen LogP contribution >= 0.6 is 11.6 Å². The molecule has 4 amide bonds. The number of phenolic OH excluding ortho intramolecular Hbond substituents is 1. The number of rotatable bonds is 6. The predicted octanol–water partition coefficient (Wildman–Crippen LogP) is 7.03. The first kappa shape index (κ1) is 37.5. The zero-order valence-corrected chi connectivity index (χ0v) is 31.5. The van der Waals surface area contributed by atoms with Gasteiger partial charge in [0.15, 0.2) is 5.78 Å². The van der Waals surface area contributed by atoms with E-state index in [-0.39, 0.29) is 54.2 Å². The van der Waals surface area contributed by atoms with E-state index in [9.17, 15) is 24.3 Å². The fourth-order valence-electron chi connectivity index (χ4n) is 6.93. The molecular formula is C40H46ClN5O7. The van der Waals surface area contributed by atoms with Crippen LogP contribution in [0.25, 0.3) is 0 Å². The SMILES string of the molecule is CC1(C)CC(=O)C2=C(C1)Nc1c(O)cccc1N(C(=O)NCC(=O)N1CCN(C(=O)OC(C)(C)C)CC1)C2c1ccc(OCc2ccccc2)cc1Cl. The quantitative estimate of drug-likeness (QED) is 0.229. The Morgan fingerprint density at radius 1 is 0.962 bits per heavy atom. The number of anilines is 2.